The number of benzene rings is 1. The van der Waals surface area contributed by atoms with Crippen molar-refractivity contribution in [2.45, 2.75) is 18.6 Å². The molecule has 0 spiro atoms. The van der Waals surface area contributed by atoms with Crippen LogP contribution in [0.1, 0.15) is 12.5 Å². The lowest BCUT2D eigenvalue weighted by Gasteiger charge is -2.19. The Labute approximate surface area is 134 Å². The highest BCUT2D eigenvalue weighted by Crippen LogP contribution is 2.21. The number of hydrogen-bond donors (Lipinski definition) is 1. The lowest BCUT2D eigenvalue weighted by molar-refractivity contribution is 0.856. The van der Waals surface area contributed by atoms with Gasteiger partial charge in [0, 0.05) is 31.2 Å². The van der Waals surface area contributed by atoms with Gasteiger partial charge in [-0.2, -0.15) is 0 Å². The summed E-state index contributed by atoms with van der Waals surface area (Å²) in [7, 11) is 2.02. The van der Waals surface area contributed by atoms with Crippen LogP contribution >= 0.6 is 23.4 Å². The van der Waals surface area contributed by atoms with Crippen LogP contribution in [0.25, 0.3) is 0 Å². The van der Waals surface area contributed by atoms with Crippen LogP contribution in [0.5, 0.6) is 0 Å². The Morgan fingerprint density at radius 1 is 1.29 bits per heavy atom. The molecule has 0 saturated heterocycles. The molecule has 0 amide bonds. The lowest BCUT2D eigenvalue weighted by atomic mass is 10.2. The Balaban J connectivity index is 2.21. The van der Waals surface area contributed by atoms with Gasteiger partial charge in [0.2, 0.25) is 0 Å². The van der Waals surface area contributed by atoms with E-state index in [9.17, 15) is 0 Å². The number of rotatable bonds is 6. The lowest BCUT2D eigenvalue weighted by Crippen LogP contribution is -2.18. The average Bonchev–Trinajstić information content (AvgIpc) is 2.47. The average molecular weight is 323 g/mol. The van der Waals surface area contributed by atoms with Crippen molar-refractivity contribution in [3.63, 3.8) is 0 Å². The van der Waals surface area contributed by atoms with Gasteiger partial charge < -0.3 is 10.2 Å². The molecule has 0 aliphatic heterocycles. The summed E-state index contributed by atoms with van der Waals surface area (Å²) in [6, 6.07) is 9.84. The zero-order valence-corrected chi connectivity index (χ0v) is 14.0. The largest absolute Gasteiger partial charge is 0.370 e. The van der Waals surface area contributed by atoms with E-state index in [2.05, 4.69) is 33.2 Å². The van der Waals surface area contributed by atoms with Gasteiger partial charge in [-0.25, -0.2) is 9.97 Å². The maximum Gasteiger partial charge on any atom is 0.191 e. The van der Waals surface area contributed by atoms with E-state index in [0.717, 1.165) is 40.5 Å². The minimum atomic E-state index is 0.747. The highest BCUT2D eigenvalue weighted by molar-refractivity contribution is 7.98. The van der Waals surface area contributed by atoms with Gasteiger partial charge in [-0.1, -0.05) is 35.5 Å². The summed E-state index contributed by atoms with van der Waals surface area (Å²) in [4.78, 5) is 11.1. The standard InChI is InChI=1S/C15H19ClN4S/c1-4-17-13-9-14(19-15(18-13)21-3)20(2)10-11-6-5-7-12(16)8-11/h5-9H,4,10H2,1-3H3,(H,17,18,19). The summed E-state index contributed by atoms with van der Waals surface area (Å²) in [5.74, 6) is 1.75. The van der Waals surface area contributed by atoms with Crippen molar-refractivity contribution in [3.05, 3.63) is 40.9 Å². The number of aromatic nitrogens is 2. The number of hydrogen-bond acceptors (Lipinski definition) is 5. The molecule has 0 radical (unpaired) electrons. The van der Waals surface area contributed by atoms with Gasteiger partial charge >= 0.3 is 0 Å². The first kappa shape index (κ1) is 15.9. The Bertz CT molecular complexity index is 606. The molecular formula is C15H19ClN4S. The molecule has 112 valence electrons. The van der Waals surface area contributed by atoms with Gasteiger partial charge in [0.05, 0.1) is 0 Å². The molecular weight excluding hydrogens is 304 g/mol. The van der Waals surface area contributed by atoms with Crippen LogP contribution < -0.4 is 10.2 Å². The van der Waals surface area contributed by atoms with E-state index in [1.54, 1.807) is 0 Å². The summed E-state index contributed by atoms with van der Waals surface area (Å²) in [5.41, 5.74) is 1.15. The molecule has 0 saturated carbocycles. The van der Waals surface area contributed by atoms with Gasteiger partial charge in [0.1, 0.15) is 11.6 Å². The molecule has 1 N–H and O–H groups in total. The third-order valence-electron chi connectivity index (χ3n) is 2.93. The summed E-state index contributed by atoms with van der Waals surface area (Å²) in [6.45, 7) is 3.63. The first-order valence-electron chi connectivity index (χ1n) is 6.75. The first-order chi connectivity index (χ1) is 10.1. The molecule has 0 atom stereocenters. The maximum atomic E-state index is 6.03. The summed E-state index contributed by atoms with van der Waals surface area (Å²) in [5, 5.41) is 4.76. The SMILES string of the molecule is CCNc1cc(N(C)Cc2cccc(Cl)c2)nc(SC)n1. The Morgan fingerprint density at radius 3 is 2.76 bits per heavy atom. The van der Waals surface area contributed by atoms with E-state index in [1.165, 1.54) is 11.8 Å². The highest BCUT2D eigenvalue weighted by Gasteiger charge is 2.09. The Kier molecular flexibility index (Phi) is 5.70. The maximum absolute atomic E-state index is 6.03. The molecule has 0 unspecified atom stereocenters. The molecule has 6 heteroatoms. The minimum absolute atomic E-state index is 0.747. The Morgan fingerprint density at radius 2 is 2.10 bits per heavy atom. The fourth-order valence-electron chi connectivity index (χ4n) is 1.96. The van der Waals surface area contributed by atoms with Crippen molar-refractivity contribution >= 4 is 35.0 Å². The summed E-state index contributed by atoms with van der Waals surface area (Å²) in [6.07, 6.45) is 1.98. The zero-order chi connectivity index (χ0) is 15.2. The van der Waals surface area contributed by atoms with E-state index < -0.39 is 0 Å². The molecule has 2 rings (SSSR count). The monoisotopic (exact) mass is 322 g/mol. The number of nitrogens with one attached hydrogen (secondary N) is 1. The number of nitrogens with zero attached hydrogens (tertiary/aromatic N) is 3. The molecule has 0 aliphatic rings. The quantitative estimate of drug-likeness (QED) is 0.645. The van der Waals surface area contributed by atoms with Crippen LogP contribution in [0.2, 0.25) is 5.02 Å². The van der Waals surface area contributed by atoms with Crippen LogP contribution in [-0.2, 0) is 6.54 Å². The van der Waals surface area contributed by atoms with E-state index in [-0.39, 0.29) is 0 Å². The van der Waals surface area contributed by atoms with Crippen LogP contribution in [0, 0.1) is 0 Å². The molecule has 1 aromatic carbocycles. The highest BCUT2D eigenvalue weighted by atomic mass is 35.5. The van der Waals surface area contributed by atoms with E-state index in [0.29, 0.717) is 0 Å². The van der Waals surface area contributed by atoms with Crippen molar-refractivity contribution in [3.8, 4) is 0 Å². The summed E-state index contributed by atoms with van der Waals surface area (Å²) >= 11 is 7.57. The van der Waals surface area contributed by atoms with Gasteiger partial charge in [-0.15, -0.1) is 0 Å². The molecule has 0 aliphatic carbocycles. The van der Waals surface area contributed by atoms with Gasteiger partial charge in [0.15, 0.2) is 5.16 Å². The molecule has 1 heterocycles. The third kappa shape index (κ3) is 4.51. The topological polar surface area (TPSA) is 41.0 Å². The Hall–Kier alpha value is -1.46. The van der Waals surface area contributed by atoms with Crippen LogP contribution in [-0.4, -0.2) is 29.8 Å². The van der Waals surface area contributed by atoms with Gasteiger partial charge in [-0.05, 0) is 30.9 Å². The predicted octanol–water partition coefficient (Wildman–Crippen LogP) is 3.92. The zero-order valence-electron chi connectivity index (χ0n) is 12.4. The van der Waals surface area contributed by atoms with Crippen molar-refractivity contribution in [2.75, 3.05) is 30.1 Å². The van der Waals surface area contributed by atoms with Crippen LogP contribution in [0.4, 0.5) is 11.6 Å². The normalized spacial score (nSPS) is 10.5. The second-order valence-corrected chi connectivity index (χ2v) is 5.82. The fourth-order valence-corrected chi connectivity index (χ4v) is 2.55. The third-order valence-corrected chi connectivity index (χ3v) is 3.72. The van der Waals surface area contributed by atoms with Crippen molar-refractivity contribution in [1.29, 1.82) is 0 Å². The van der Waals surface area contributed by atoms with Gasteiger partial charge in [-0.3, -0.25) is 0 Å². The smallest absolute Gasteiger partial charge is 0.191 e. The van der Waals surface area contributed by atoms with E-state index in [1.807, 2.05) is 37.6 Å². The van der Waals surface area contributed by atoms with Crippen LogP contribution in [0.3, 0.4) is 0 Å². The molecule has 0 fully saturated rings. The molecule has 2 aromatic rings. The van der Waals surface area contributed by atoms with Gasteiger partial charge in [0.25, 0.3) is 0 Å². The van der Waals surface area contributed by atoms with E-state index >= 15 is 0 Å². The van der Waals surface area contributed by atoms with Crippen molar-refractivity contribution in [2.24, 2.45) is 0 Å². The summed E-state index contributed by atoms with van der Waals surface area (Å²) < 4.78 is 0. The number of thioether (sulfide) groups is 1. The molecule has 0 bridgehead atoms. The van der Waals surface area contributed by atoms with E-state index in [4.69, 9.17) is 11.6 Å². The van der Waals surface area contributed by atoms with Crippen LogP contribution in [0.15, 0.2) is 35.5 Å². The van der Waals surface area contributed by atoms with Crippen molar-refractivity contribution in [1.82, 2.24) is 9.97 Å². The molecule has 4 nitrogen and oxygen atoms in total. The second kappa shape index (κ2) is 7.52. The fraction of sp³-hybridized carbons (Fsp3) is 0.333. The minimum Gasteiger partial charge on any atom is -0.370 e. The number of anilines is 2. The molecule has 21 heavy (non-hydrogen) atoms. The number of halogens is 1. The molecule has 1 aromatic heterocycles. The van der Waals surface area contributed by atoms with Crippen molar-refractivity contribution < 1.29 is 0 Å². The second-order valence-electron chi connectivity index (χ2n) is 4.61. The first-order valence-corrected chi connectivity index (χ1v) is 8.35. The predicted molar refractivity (Wildman–Crippen MR) is 91.5 cm³/mol.